The number of nitrogens with one attached hydrogen (secondary N) is 1. The quantitative estimate of drug-likeness (QED) is 0.714. The molecule has 0 saturated carbocycles. The molecule has 0 aromatic rings. The Morgan fingerprint density at radius 1 is 1.62 bits per heavy atom. The zero-order valence-corrected chi connectivity index (χ0v) is 10.4. The van der Waals surface area contributed by atoms with Crippen LogP contribution in [0.2, 0.25) is 0 Å². The van der Waals surface area contributed by atoms with E-state index in [-0.39, 0.29) is 18.1 Å². The van der Waals surface area contributed by atoms with Crippen LogP contribution in [0.5, 0.6) is 0 Å². The van der Waals surface area contributed by atoms with Gasteiger partial charge in [0.25, 0.3) is 0 Å². The molecule has 0 spiro atoms. The van der Waals surface area contributed by atoms with E-state index in [9.17, 15) is 4.79 Å². The summed E-state index contributed by atoms with van der Waals surface area (Å²) >= 11 is 0. The summed E-state index contributed by atoms with van der Waals surface area (Å²) in [5, 5.41) is 2.92. The summed E-state index contributed by atoms with van der Waals surface area (Å²) in [6, 6.07) is -0.349. The van der Waals surface area contributed by atoms with E-state index in [0.717, 1.165) is 32.3 Å². The first-order chi connectivity index (χ1) is 7.65. The number of rotatable bonds is 6. The molecule has 0 radical (unpaired) electrons. The highest BCUT2D eigenvalue weighted by Gasteiger charge is 2.25. The number of carbonyl (C=O) groups is 1. The molecule has 3 N–H and O–H groups in total. The molecule has 1 heterocycles. The van der Waals surface area contributed by atoms with Gasteiger partial charge in [0.15, 0.2) is 0 Å². The van der Waals surface area contributed by atoms with Crippen LogP contribution in [-0.2, 0) is 9.53 Å². The normalized spacial score (nSPS) is 26.7. The van der Waals surface area contributed by atoms with Crippen LogP contribution in [0.1, 0.15) is 39.5 Å². The number of hydrogen-bond acceptors (Lipinski definition) is 3. The van der Waals surface area contributed by atoms with Gasteiger partial charge in [-0.2, -0.15) is 0 Å². The van der Waals surface area contributed by atoms with Crippen molar-refractivity contribution < 1.29 is 9.53 Å². The van der Waals surface area contributed by atoms with E-state index >= 15 is 0 Å². The lowest BCUT2D eigenvalue weighted by Crippen LogP contribution is -2.43. The molecule has 4 heteroatoms. The highest BCUT2D eigenvalue weighted by Crippen LogP contribution is 2.19. The molecule has 1 fully saturated rings. The average molecular weight is 228 g/mol. The largest absolute Gasteiger partial charge is 0.378 e. The number of carbonyl (C=O) groups excluding carboxylic acids is 1. The monoisotopic (exact) mass is 228 g/mol. The van der Waals surface area contributed by atoms with Gasteiger partial charge in [-0.3, -0.25) is 4.79 Å². The lowest BCUT2D eigenvalue weighted by Gasteiger charge is -2.17. The first kappa shape index (κ1) is 13.5. The van der Waals surface area contributed by atoms with Gasteiger partial charge in [-0.25, -0.2) is 0 Å². The fourth-order valence-electron chi connectivity index (χ4n) is 1.96. The Kier molecular flexibility index (Phi) is 5.77. The second kappa shape index (κ2) is 6.86. The van der Waals surface area contributed by atoms with Gasteiger partial charge in [0.05, 0.1) is 12.1 Å². The maximum Gasteiger partial charge on any atom is 0.236 e. The van der Waals surface area contributed by atoms with Crippen LogP contribution in [-0.4, -0.2) is 31.2 Å². The molecule has 0 bridgehead atoms. The molecule has 3 unspecified atom stereocenters. The maximum absolute atomic E-state index is 11.6. The Balaban J connectivity index is 2.18. The smallest absolute Gasteiger partial charge is 0.236 e. The lowest BCUT2D eigenvalue weighted by atomic mass is 10.0. The number of unbranched alkanes of at least 4 members (excludes halogenated alkanes) is 1. The minimum atomic E-state index is -0.349. The standard InChI is InChI=1S/C12H24N2O2/c1-3-4-5-11(13)12(15)14-8-10-6-7-16-9(10)2/h9-11H,3-8,13H2,1-2H3,(H,14,15). The Morgan fingerprint density at radius 3 is 2.94 bits per heavy atom. The summed E-state index contributed by atoms with van der Waals surface area (Å²) in [7, 11) is 0. The summed E-state index contributed by atoms with van der Waals surface area (Å²) in [4.78, 5) is 11.6. The van der Waals surface area contributed by atoms with Crippen LogP contribution in [0, 0.1) is 5.92 Å². The molecule has 4 nitrogen and oxygen atoms in total. The molecule has 0 aromatic carbocycles. The summed E-state index contributed by atoms with van der Waals surface area (Å²) in [6.45, 7) is 5.66. The number of hydrogen-bond donors (Lipinski definition) is 2. The van der Waals surface area contributed by atoms with Crippen LogP contribution in [0.3, 0.4) is 0 Å². The van der Waals surface area contributed by atoms with Crippen molar-refractivity contribution in [3.05, 3.63) is 0 Å². The van der Waals surface area contributed by atoms with E-state index in [2.05, 4.69) is 19.2 Å². The predicted molar refractivity (Wildman–Crippen MR) is 64.0 cm³/mol. The summed E-state index contributed by atoms with van der Waals surface area (Å²) in [5.74, 6) is 0.426. The molecule has 1 aliphatic heterocycles. The highest BCUT2D eigenvalue weighted by atomic mass is 16.5. The van der Waals surface area contributed by atoms with Crippen LogP contribution < -0.4 is 11.1 Å². The van der Waals surface area contributed by atoms with Crippen molar-refractivity contribution >= 4 is 5.91 Å². The molecular formula is C12H24N2O2. The minimum absolute atomic E-state index is 0.0208. The van der Waals surface area contributed by atoms with Crippen molar-refractivity contribution in [3.8, 4) is 0 Å². The number of ether oxygens (including phenoxy) is 1. The van der Waals surface area contributed by atoms with Crippen LogP contribution in [0.15, 0.2) is 0 Å². The van der Waals surface area contributed by atoms with Gasteiger partial charge in [0.1, 0.15) is 0 Å². The fraction of sp³-hybridized carbons (Fsp3) is 0.917. The Morgan fingerprint density at radius 2 is 2.38 bits per heavy atom. The van der Waals surface area contributed by atoms with Gasteiger partial charge >= 0.3 is 0 Å². The number of amides is 1. The first-order valence-corrected chi connectivity index (χ1v) is 6.30. The highest BCUT2D eigenvalue weighted by molar-refractivity contribution is 5.81. The third kappa shape index (κ3) is 4.10. The van der Waals surface area contributed by atoms with Gasteiger partial charge in [-0.05, 0) is 19.8 Å². The molecule has 1 amide bonds. The zero-order valence-electron chi connectivity index (χ0n) is 10.4. The van der Waals surface area contributed by atoms with E-state index in [1.807, 2.05) is 0 Å². The van der Waals surface area contributed by atoms with Gasteiger partial charge in [0, 0.05) is 19.1 Å². The molecule has 1 saturated heterocycles. The predicted octanol–water partition coefficient (Wildman–Crippen LogP) is 1.05. The Hall–Kier alpha value is -0.610. The van der Waals surface area contributed by atoms with Gasteiger partial charge in [-0.15, -0.1) is 0 Å². The molecule has 94 valence electrons. The van der Waals surface area contributed by atoms with Crippen LogP contribution in [0.4, 0.5) is 0 Å². The topological polar surface area (TPSA) is 64.4 Å². The average Bonchev–Trinajstić information content (AvgIpc) is 2.68. The van der Waals surface area contributed by atoms with Gasteiger partial charge < -0.3 is 15.8 Å². The Labute approximate surface area is 97.9 Å². The minimum Gasteiger partial charge on any atom is -0.378 e. The van der Waals surface area contributed by atoms with E-state index in [0.29, 0.717) is 12.5 Å². The van der Waals surface area contributed by atoms with Crippen LogP contribution >= 0.6 is 0 Å². The van der Waals surface area contributed by atoms with E-state index in [1.165, 1.54) is 0 Å². The third-order valence-corrected chi connectivity index (χ3v) is 3.28. The van der Waals surface area contributed by atoms with Crippen molar-refractivity contribution in [2.75, 3.05) is 13.2 Å². The first-order valence-electron chi connectivity index (χ1n) is 6.30. The van der Waals surface area contributed by atoms with E-state index in [1.54, 1.807) is 0 Å². The second-order valence-electron chi connectivity index (χ2n) is 4.62. The van der Waals surface area contributed by atoms with Gasteiger partial charge in [0.2, 0.25) is 5.91 Å². The molecule has 1 aliphatic rings. The second-order valence-corrected chi connectivity index (χ2v) is 4.62. The summed E-state index contributed by atoms with van der Waals surface area (Å²) in [5.41, 5.74) is 5.78. The molecule has 1 rings (SSSR count). The molecule has 16 heavy (non-hydrogen) atoms. The van der Waals surface area contributed by atoms with Gasteiger partial charge in [-0.1, -0.05) is 19.8 Å². The fourth-order valence-corrected chi connectivity index (χ4v) is 1.96. The van der Waals surface area contributed by atoms with Crippen molar-refractivity contribution in [2.45, 2.75) is 51.7 Å². The van der Waals surface area contributed by atoms with E-state index < -0.39 is 0 Å². The molecule has 0 aromatic heterocycles. The van der Waals surface area contributed by atoms with Crippen molar-refractivity contribution in [2.24, 2.45) is 11.7 Å². The van der Waals surface area contributed by atoms with Crippen molar-refractivity contribution in [1.82, 2.24) is 5.32 Å². The van der Waals surface area contributed by atoms with Crippen LogP contribution in [0.25, 0.3) is 0 Å². The SMILES string of the molecule is CCCCC(N)C(=O)NCC1CCOC1C. The summed E-state index contributed by atoms with van der Waals surface area (Å²) < 4.78 is 5.44. The number of nitrogens with two attached hydrogens (primary N) is 1. The summed E-state index contributed by atoms with van der Waals surface area (Å²) in [6.07, 6.45) is 4.16. The lowest BCUT2D eigenvalue weighted by molar-refractivity contribution is -0.122. The third-order valence-electron chi connectivity index (χ3n) is 3.28. The molecular weight excluding hydrogens is 204 g/mol. The Bertz CT molecular complexity index is 221. The molecule has 3 atom stereocenters. The maximum atomic E-state index is 11.6. The van der Waals surface area contributed by atoms with Crippen molar-refractivity contribution in [1.29, 1.82) is 0 Å². The van der Waals surface area contributed by atoms with Crippen molar-refractivity contribution in [3.63, 3.8) is 0 Å². The van der Waals surface area contributed by atoms with E-state index in [4.69, 9.17) is 10.5 Å². The molecule has 0 aliphatic carbocycles. The zero-order chi connectivity index (χ0) is 12.0.